The molecule has 1 fully saturated rings. The summed E-state index contributed by atoms with van der Waals surface area (Å²) in [6.07, 6.45) is 7.93. The summed E-state index contributed by atoms with van der Waals surface area (Å²) in [7, 11) is 0. The maximum atomic E-state index is 10.9. The van der Waals surface area contributed by atoms with E-state index in [1.54, 1.807) is 0 Å². The van der Waals surface area contributed by atoms with Gasteiger partial charge in [0, 0.05) is 6.92 Å². The second-order valence-electron chi connectivity index (χ2n) is 6.78. The molecule has 1 saturated carbocycles. The summed E-state index contributed by atoms with van der Waals surface area (Å²) in [5, 5.41) is 0. The molecule has 0 amide bonds. The molecule has 0 spiro atoms. The molecule has 0 unspecified atom stereocenters. The van der Waals surface area contributed by atoms with E-state index in [4.69, 9.17) is 4.74 Å². The van der Waals surface area contributed by atoms with Gasteiger partial charge in [0.1, 0.15) is 6.61 Å². The summed E-state index contributed by atoms with van der Waals surface area (Å²) in [6.45, 7) is 11.0. The summed E-state index contributed by atoms with van der Waals surface area (Å²) in [6, 6.07) is 0. The molecule has 0 bridgehead atoms. The largest absolute Gasteiger partial charge is 0.461 e. The molecular formula is C17H26O2. The first-order chi connectivity index (χ1) is 8.90. The van der Waals surface area contributed by atoms with Crippen LogP contribution in [0.1, 0.15) is 52.9 Å². The third kappa shape index (κ3) is 3.29. The molecule has 2 aliphatic rings. The van der Waals surface area contributed by atoms with Crippen molar-refractivity contribution < 1.29 is 9.53 Å². The van der Waals surface area contributed by atoms with E-state index in [1.807, 2.05) is 0 Å². The average Bonchev–Trinajstić information content (AvgIpc) is 2.37. The third-order valence-electron chi connectivity index (χ3n) is 4.90. The van der Waals surface area contributed by atoms with Crippen LogP contribution in [0.2, 0.25) is 0 Å². The number of ether oxygens (including phenoxy) is 1. The number of rotatable bonds is 2. The van der Waals surface area contributed by atoms with E-state index in [0.717, 1.165) is 31.1 Å². The van der Waals surface area contributed by atoms with Crippen LogP contribution in [0.25, 0.3) is 0 Å². The lowest BCUT2D eigenvalue weighted by Crippen LogP contribution is -2.44. The highest BCUT2D eigenvalue weighted by atomic mass is 16.5. The van der Waals surface area contributed by atoms with Crippen LogP contribution in [0.15, 0.2) is 23.8 Å². The first kappa shape index (κ1) is 14.4. The summed E-state index contributed by atoms with van der Waals surface area (Å²) in [5.74, 6) is 1.28. The number of hydrogen-bond donors (Lipinski definition) is 0. The lowest BCUT2D eigenvalue weighted by atomic mass is 9.52. The van der Waals surface area contributed by atoms with Crippen molar-refractivity contribution in [3.05, 3.63) is 23.8 Å². The van der Waals surface area contributed by atoms with Gasteiger partial charge in [-0.15, -0.1) is 0 Å². The summed E-state index contributed by atoms with van der Waals surface area (Å²) in [5.41, 5.74) is 3.16. The lowest BCUT2D eigenvalue weighted by molar-refractivity contribution is -0.140. The van der Waals surface area contributed by atoms with Crippen molar-refractivity contribution >= 4 is 5.97 Å². The van der Waals surface area contributed by atoms with Crippen LogP contribution in [0.3, 0.4) is 0 Å². The minimum atomic E-state index is -0.188. The zero-order valence-corrected chi connectivity index (χ0v) is 12.5. The van der Waals surface area contributed by atoms with Gasteiger partial charge >= 0.3 is 5.97 Å². The maximum Gasteiger partial charge on any atom is 0.302 e. The van der Waals surface area contributed by atoms with E-state index in [1.165, 1.54) is 30.9 Å². The quantitative estimate of drug-likeness (QED) is 0.549. The first-order valence-electron chi connectivity index (χ1n) is 7.39. The maximum absolute atomic E-state index is 10.9. The highest BCUT2D eigenvalue weighted by Crippen LogP contribution is 2.56. The Morgan fingerprint density at radius 3 is 2.84 bits per heavy atom. The monoisotopic (exact) mass is 262 g/mol. The number of carbonyl (C=O) groups is 1. The molecule has 0 N–H and O–H groups in total. The highest BCUT2D eigenvalue weighted by Gasteiger charge is 2.47. The molecule has 0 aromatic rings. The zero-order chi connectivity index (χ0) is 14.0. The van der Waals surface area contributed by atoms with Crippen LogP contribution in [0.5, 0.6) is 0 Å². The molecule has 2 nitrogen and oxygen atoms in total. The van der Waals surface area contributed by atoms with E-state index < -0.39 is 0 Å². The van der Waals surface area contributed by atoms with Gasteiger partial charge in [0.25, 0.3) is 0 Å². The molecule has 0 saturated heterocycles. The Balaban J connectivity index is 2.01. The minimum absolute atomic E-state index is 0.188. The van der Waals surface area contributed by atoms with Crippen molar-refractivity contribution in [3.8, 4) is 0 Å². The fourth-order valence-electron chi connectivity index (χ4n) is 3.68. The number of carbonyl (C=O) groups excluding carboxylic acids is 1. The van der Waals surface area contributed by atoms with E-state index in [9.17, 15) is 4.79 Å². The van der Waals surface area contributed by atoms with Gasteiger partial charge in [-0.1, -0.05) is 32.1 Å². The van der Waals surface area contributed by atoms with Gasteiger partial charge < -0.3 is 4.74 Å². The summed E-state index contributed by atoms with van der Waals surface area (Å²) in [4.78, 5) is 10.9. The molecule has 0 heterocycles. The smallest absolute Gasteiger partial charge is 0.302 e. The number of hydrogen-bond acceptors (Lipinski definition) is 2. The Morgan fingerprint density at radius 2 is 2.21 bits per heavy atom. The van der Waals surface area contributed by atoms with Crippen LogP contribution < -0.4 is 0 Å². The van der Waals surface area contributed by atoms with E-state index in [0.29, 0.717) is 12.0 Å². The molecular weight excluding hydrogens is 236 g/mol. The van der Waals surface area contributed by atoms with Gasteiger partial charge in [0.2, 0.25) is 0 Å². The highest BCUT2D eigenvalue weighted by molar-refractivity contribution is 5.66. The van der Waals surface area contributed by atoms with Crippen LogP contribution in [0.4, 0.5) is 0 Å². The van der Waals surface area contributed by atoms with Gasteiger partial charge in [-0.3, -0.25) is 4.79 Å². The van der Waals surface area contributed by atoms with Gasteiger partial charge in [-0.25, -0.2) is 0 Å². The Kier molecular flexibility index (Phi) is 4.17. The Bertz CT molecular complexity index is 403. The molecule has 2 aliphatic carbocycles. The van der Waals surface area contributed by atoms with Crippen molar-refractivity contribution in [1.82, 2.24) is 0 Å². The molecule has 19 heavy (non-hydrogen) atoms. The van der Waals surface area contributed by atoms with Crippen LogP contribution in [0, 0.1) is 17.3 Å². The normalized spacial score (nSPS) is 32.8. The van der Waals surface area contributed by atoms with Crippen LogP contribution in [-0.2, 0) is 9.53 Å². The Labute approximate surface area is 116 Å². The van der Waals surface area contributed by atoms with Gasteiger partial charge in [0.05, 0.1) is 0 Å². The molecule has 2 heteroatoms. The predicted octanol–water partition coefficient (Wildman–Crippen LogP) is 4.27. The van der Waals surface area contributed by atoms with Crippen LogP contribution >= 0.6 is 0 Å². The van der Waals surface area contributed by atoms with Crippen molar-refractivity contribution in [1.29, 1.82) is 0 Å². The van der Waals surface area contributed by atoms with E-state index >= 15 is 0 Å². The molecule has 106 valence electrons. The zero-order valence-electron chi connectivity index (χ0n) is 12.5. The lowest BCUT2D eigenvalue weighted by Gasteiger charge is -2.53. The third-order valence-corrected chi connectivity index (χ3v) is 4.90. The standard InChI is InChI=1S/C17H26O2/c1-12-6-5-7-14(11-19-13(2)18)8-9-16-15(12)10-17(16,3)4/h7,15-16H,1,5-6,8-11H2,2-4H3/b14-7-/t15-,16-/m0/s1. The van der Waals surface area contributed by atoms with Crippen molar-refractivity contribution in [3.63, 3.8) is 0 Å². The second kappa shape index (κ2) is 5.52. The fraction of sp³-hybridized carbons (Fsp3) is 0.706. The number of allylic oxidation sites excluding steroid dienone is 2. The summed E-state index contributed by atoms with van der Waals surface area (Å²) >= 11 is 0. The predicted molar refractivity (Wildman–Crippen MR) is 77.7 cm³/mol. The van der Waals surface area contributed by atoms with E-state index in [-0.39, 0.29) is 5.97 Å². The fourth-order valence-corrected chi connectivity index (χ4v) is 3.68. The van der Waals surface area contributed by atoms with E-state index in [2.05, 4.69) is 26.5 Å². The molecule has 0 radical (unpaired) electrons. The van der Waals surface area contributed by atoms with Gasteiger partial charge in [-0.05, 0) is 54.9 Å². The van der Waals surface area contributed by atoms with Crippen molar-refractivity contribution in [2.24, 2.45) is 17.3 Å². The molecule has 2 atom stereocenters. The topological polar surface area (TPSA) is 26.3 Å². The molecule has 2 rings (SSSR count). The SMILES string of the molecule is C=C1CC/C=C(\COC(C)=O)CC[C@H]2[C@H]1CC2(C)C. The molecule has 0 aromatic carbocycles. The Hall–Kier alpha value is -1.05. The van der Waals surface area contributed by atoms with Crippen LogP contribution in [-0.4, -0.2) is 12.6 Å². The number of fused-ring (bicyclic) bond motifs is 1. The molecule has 0 aliphatic heterocycles. The van der Waals surface area contributed by atoms with Gasteiger partial charge in [0.15, 0.2) is 0 Å². The first-order valence-corrected chi connectivity index (χ1v) is 7.39. The number of esters is 1. The van der Waals surface area contributed by atoms with Crippen molar-refractivity contribution in [2.45, 2.75) is 52.9 Å². The summed E-state index contributed by atoms with van der Waals surface area (Å²) < 4.78 is 5.15. The Morgan fingerprint density at radius 1 is 1.47 bits per heavy atom. The average molecular weight is 262 g/mol. The minimum Gasteiger partial charge on any atom is -0.461 e. The molecule has 0 aromatic heterocycles. The second-order valence-corrected chi connectivity index (χ2v) is 6.78. The van der Waals surface area contributed by atoms with Gasteiger partial charge in [-0.2, -0.15) is 0 Å². The van der Waals surface area contributed by atoms with Crippen molar-refractivity contribution in [2.75, 3.05) is 6.61 Å².